The summed E-state index contributed by atoms with van der Waals surface area (Å²) in [5, 5.41) is 0.497. The topological polar surface area (TPSA) is 42.2 Å². The Bertz CT molecular complexity index is 336. The number of pyridine rings is 1. The number of nitrogens with two attached hydrogens (primary N) is 1. The fourth-order valence-electron chi connectivity index (χ4n) is 1.52. The second-order valence-electron chi connectivity index (χ2n) is 3.87. The average Bonchev–Trinajstić information content (AvgIpc) is 2.93. The molecule has 1 aromatic rings. The van der Waals surface area contributed by atoms with Gasteiger partial charge in [-0.2, -0.15) is 0 Å². The van der Waals surface area contributed by atoms with E-state index < -0.39 is 0 Å². The van der Waals surface area contributed by atoms with Gasteiger partial charge in [0.2, 0.25) is 0 Å². The van der Waals surface area contributed by atoms with Crippen molar-refractivity contribution in [1.29, 1.82) is 0 Å². The molecule has 0 saturated heterocycles. The largest absolute Gasteiger partial charge is 0.396 e. The van der Waals surface area contributed by atoms with Crippen LogP contribution in [0.2, 0.25) is 5.15 Å². The minimum absolute atomic E-state index is 0.497. The minimum Gasteiger partial charge on any atom is -0.396 e. The summed E-state index contributed by atoms with van der Waals surface area (Å²) in [6.45, 7) is 1.03. The van der Waals surface area contributed by atoms with Crippen LogP contribution >= 0.6 is 11.6 Å². The molecule has 2 N–H and O–H groups in total. The summed E-state index contributed by atoms with van der Waals surface area (Å²) in [5.74, 6) is 1.62. The predicted octanol–water partition coefficient (Wildman–Crippen LogP) is 2.16. The molecule has 1 fully saturated rings. The number of halogens is 1. The van der Waals surface area contributed by atoms with Gasteiger partial charge >= 0.3 is 0 Å². The van der Waals surface area contributed by atoms with Gasteiger partial charge in [0.05, 0.1) is 5.69 Å². The first-order valence-electron chi connectivity index (χ1n) is 4.80. The van der Waals surface area contributed by atoms with Crippen LogP contribution in [-0.2, 0) is 0 Å². The molecule has 0 spiro atoms. The van der Waals surface area contributed by atoms with Gasteiger partial charge in [0.15, 0.2) is 5.82 Å². The van der Waals surface area contributed by atoms with E-state index in [0.717, 1.165) is 18.3 Å². The molecule has 1 aliphatic rings. The first-order valence-corrected chi connectivity index (χ1v) is 5.18. The quantitative estimate of drug-likeness (QED) is 0.780. The van der Waals surface area contributed by atoms with Crippen LogP contribution in [0.3, 0.4) is 0 Å². The summed E-state index contributed by atoms with van der Waals surface area (Å²) in [6, 6.07) is 3.51. The summed E-state index contributed by atoms with van der Waals surface area (Å²) in [6.07, 6.45) is 2.65. The highest BCUT2D eigenvalue weighted by Gasteiger charge is 2.24. The molecular weight excluding hydrogens is 198 g/mol. The van der Waals surface area contributed by atoms with Crippen LogP contribution in [-0.4, -0.2) is 18.6 Å². The summed E-state index contributed by atoms with van der Waals surface area (Å²) in [7, 11) is 2.01. The first-order chi connectivity index (χ1) is 6.66. The number of nitrogen functional groups attached to an aromatic ring is 1. The van der Waals surface area contributed by atoms with Crippen molar-refractivity contribution in [3.05, 3.63) is 17.3 Å². The van der Waals surface area contributed by atoms with Crippen LogP contribution in [0, 0.1) is 5.92 Å². The third-order valence-corrected chi connectivity index (χ3v) is 2.67. The van der Waals surface area contributed by atoms with Crippen molar-refractivity contribution < 1.29 is 0 Å². The Hall–Kier alpha value is -0.960. The standard InChI is InChI=1S/C10H14ClN3/c1-14(6-7-2-3-7)10-8(12)4-5-9(11)13-10/h4-5,7H,2-3,6,12H2,1H3. The summed E-state index contributed by atoms with van der Waals surface area (Å²) < 4.78 is 0. The van der Waals surface area contributed by atoms with E-state index in [0.29, 0.717) is 10.8 Å². The van der Waals surface area contributed by atoms with Crippen LogP contribution in [0.25, 0.3) is 0 Å². The molecule has 76 valence electrons. The summed E-state index contributed by atoms with van der Waals surface area (Å²) in [4.78, 5) is 6.30. The maximum atomic E-state index is 5.82. The highest BCUT2D eigenvalue weighted by Crippen LogP contribution is 2.31. The number of aromatic nitrogens is 1. The molecule has 0 aliphatic heterocycles. The van der Waals surface area contributed by atoms with Crippen LogP contribution in [0.1, 0.15) is 12.8 Å². The molecule has 2 rings (SSSR count). The van der Waals surface area contributed by atoms with Gasteiger partial charge in [0.25, 0.3) is 0 Å². The second-order valence-corrected chi connectivity index (χ2v) is 4.26. The van der Waals surface area contributed by atoms with Gasteiger partial charge in [-0.1, -0.05) is 11.6 Å². The van der Waals surface area contributed by atoms with E-state index in [1.165, 1.54) is 12.8 Å². The van der Waals surface area contributed by atoms with Gasteiger partial charge < -0.3 is 10.6 Å². The van der Waals surface area contributed by atoms with Crippen LogP contribution in [0.4, 0.5) is 11.5 Å². The fraction of sp³-hybridized carbons (Fsp3) is 0.500. The molecule has 0 unspecified atom stereocenters. The van der Waals surface area contributed by atoms with Gasteiger partial charge in [-0.15, -0.1) is 0 Å². The summed E-state index contributed by atoms with van der Waals surface area (Å²) in [5.41, 5.74) is 6.52. The van der Waals surface area contributed by atoms with Gasteiger partial charge in [-0.05, 0) is 30.9 Å². The number of hydrogen-bond donors (Lipinski definition) is 1. The Morgan fingerprint density at radius 3 is 2.93 bits per heavy atom. The first kappa shape index (κ1) is 9.59. The number of anilines is 2. The molecule has 0 aromatic carbocycles. The van der Waals surface area contributed by atoms with E-state index in [1.54, 1.807) is 12.1 Å². The zero-order valence-electron chi connectivity index (χ0n) is 8.20. The summed E-state index contributed by atoms with van der Waals surface area (Å²) >= 11 is 5.82. The SMILES string of the molecule is CN(CC1CC1)c1nc(Cl)ccc1N. The molecule has 1 aromatic heterocycles. The van der Waals surface area contributed by atoms with E-state index in [-0.39, 0.29) is 0 Å². The molecule has 1 heterocycles. The molecule has 1 aliphatic carbocycles. The van der Waals surface area contributed by atoms with Crippen molar-refractivity contribution >= 4 is 23.1 Å². The monoisotopic (exact) mass is 211 g/mol. The van der Waals surface area contributed by atoms with E-state index >= 15 is 0 Å². The smallest absolute Gasteiger partial charge is 0.153 e. The molecule has 1 saturated carbocycles. The maximum Gasteiger partial charge on any atom is 0.153 e. The molecule has 14 heavy (non-hydrogen) atoms. The van der Waals surface area contributed by atoms with Crippen molar-refractivity contribution in [2.75, 3.05) is 24.2 Å². The Morgan fingerprint density at radius 1 is 1.57 bits per heavy atom. The molecule has 0 radical (unpaired) electrons. The zero-order chi connectivity index (χ0) is 10.1. The van der Waals surface area contributed by atoms with Crippen molar-refractivity contribution in [1.82, 2.24) is 4.98 Å². The third-order valence-electron chi connectivity index (χ3n) is 2.46. The number of nitrogens with zero attached hydrogens (tertiary/aromatic N) is 2. The van der Waals surface area contributed by atoms with Crippen LogP contribution < -0.4 is 10.6 Å². The van der Waals surface area contributed by atoms with Crippen molar-refractivity contribution in [2.45, 2.75) is 12.8 Å². The highest BCUT2D eigenvalue weighted by molar-refractivity contribution is 6.29. The Kier molecular flexibility index (Phi) is 2.50. The maximum absolute atomic E-state index is 5.82. The molecule has 0 atom stereocenters. The lowest BCUT2D eigenvalue weighted by atomic mass is 10.3. The lowest BCUT2D eigenvalue weighted by Crippen LogP contribution is -2.22. The predicted molar refractivity (Wildman–Crippen MR) is 59.7 cm³/mol. The van der Waals surface area contributed by atoms with Crippen molar-refractivity contribution in [3.8, 4) is 0 Å². The fourth-order valence-corrected chi connectivity index (χ4v) is 1.66. The minimum atomic E-state index is 0.497. The van der Waals surface area contributed by atoms with Gasteiger partial charge in [0, 0.05) is 13.6 Å². The molecular formula is C10H14ClN3. The third kappa shape index (κ3) is 2.10. The number of hydrogen-bond acceptors (Lipinski definition) is 3. The van der Waals surface area contributed by atoms with Gasteiger partial charge in [0.1, 0.15) is 5.15 Å². The number of rotatable bonds is 3. The normalized spacial score (nSPS) is 15.6. The van der Waals surface area contributed by atoms with Gasteiger partial charge in [-0.3, -0.25) is 0 Å². The molecule has 3 nitrogen and oxygen atoms in total. The molecule has 0 bridgehead atoms. The Labute approximate surface area is 88.9 Å². The second kappa shape index (κ2) is 3.65. The van der Waals surface area contributed by atoms with E-state index in [9.17, 15) is 0 Å². The lowest BCUT2D eigenvalue weighted by molar-refractivity contribution is 0.778. The van der Waals surface area contributed by atoms with Crippen LogP contribution in [0.5, 0.6) is 0 Å². The average molecular weight is 212 g/mol. The van der Waals surface area contributed by atoms with E-state index in [2.05, 4.69) is 9.88 Å². The molecule has 4 heteroatoms. The molecule has 0 amide bonds. The van der Waals surface area contributed by atoms with E-state index in [1.807, 2.05) is 7.05 Å². The Morgan fingerprint density at radius 2 is 2.29 bits per heavy atom. The van der Waals surface area contributed by atoms with Gasteiger partial charge in [-0.25, -0.2) is 4.98 Å². The van der Waals surface area contributed by atoms with Crippen molar-refractivity contribution in [2.24, 2.45) is 5.92 Å². The Balaban J connectivity index is 2.15. The van der Waals surface area contributed by atoms with Crippen molar-refractivity contribution in [3.63, 3.8) is 0 Å². The lowest BCUT2D eigenvalue weighted by Gasteiger charge is -2.19. The highest BCUT2D eigenvalue weighted by atomic mass is 35.5. The zero-order valence-corrected chi connectivity index (χ0v) is 8.96. The van der Waals surface area contributed by atoms with E-state index in [4.69, 9.17) is 17.3 Å². The van der Waals surface area contributed by atoms with Crippen LogP contribution in [0.15, 0.2) is 12.1 Å².